The molecule has 0 saturated carbocycles. The van der Waals surface area contributed by atoms with Gasteiger partial charge in [0.1, 0.15) is 6.04 Å². The van der Waals surface area contributed by atoms with E-state index >= 15 is 0 Å². The Morgan fingerprint density at radius 3 is 2.22 bits per heavy atom. The Balaban J connectivity index is 1.97. The van der Waals surface area contributed by atoms with E-state index in [4.69, 9.17) is 11.5 Å². The first-order valence-electron chi connectivity index (χ1n) is 8.79. The lowest BCUT2D eigenvalue weighted by atomic mass is 10.1. The van der Waals surface area contributed by atoms with E-state index in [0.29, 0.717) is 31.5 Å². The third-order valence-electron chi connectivity index (χ3n) is 3.91. The summed E-state index contributed by atoms with van der Waals surface area (Å²) in [5.74, 6) is -0.529. The van der Waals surface area contributed by atoms with Gasteiger partial charge in [-0.15, -0.1) is 0 Å². The molecular weight excluding hydrogens is 342 g/mol. The van der Waals surface area contributed by atoms with Gasteiger partial charge in [-0.05, 0) is 30.5 Å². The summed E-state index contributed by atoms with van der Waals surface area (Å²) in [6.45, 7) is 0.789. The van der Waals surface area contributed by atoms with Crippen LogP contribution in [0.1, 0.15) is 28.8 Å². The zero-order valence-corrected chi connectivity index (χ0v) is 15.1. The maximum Gasteiger partial charge on any atom is 0.251 e. The maximum atomic E-state index is 12.6. The second-order valence-corrected chi connectivity index (χ2v) is 6.04. The van der Waals surface area contributed by atoms with Gasteiger partial charge in [0, 0.05) is 18.7 Å². The molecule has 0 saturated heterocycles. The van der Waals surface area contributed by atoms with E-state index in [1.54, 1.807) is 24.3 Å². The molecule has 2 rings (SSSR count). The number of carbonyl (C=O) groups is 2. The van der Waals surface area contributed by atoms with Gasteiger partial charge in [-0.3, -0.25) is 14.6 Å². The molecule has 7 nitrogen and oxygen atoms in total. The topological polar surface area (TPSA) is 123 Å². The lowest BCUT2D eigenvalue weighted by molar-refractivity contribution is -0.123. The molecule has 2 amide bonds. The summed E-state index contributed by atoms with van der Waals surface area (Å²) in [6, 6.07) is 17.7. The van der Waals surface area contributed by atoms with Crippen LogP contribution in [0.4, 0.5) is 0 Å². The van der Waals surface area contributed by atoms with Crippen LogP contribution < -0.4 is 22.1 Å². The third kappa shape index (κ3) is 7.19. The minimum atomic E-state index is -0.671. The van der Waals surface area contributed by atoms with Crippen molar-refractivity contribution in [2.45, 2.75) is 25.4 Å². The maximum absolute atomic E-state index is 12.6. The zero-order chi connectivity index (χ0) is 19.5. The summed E-state index contributed by atoms with van der Waals surface area (Å²) < 4.78 is 0. The first-order valence-corrected chi connectivity index (χ1v) is 8.79. The molecule has 0 heterocycles. The number of hydrogen-bond donors (Lipinski definition) is 4. The number of nitrogens with zero attached hydrogens (tertiary/aromatic N) is 1. The number of guanidine groups is 1. The Bertz CT molecular complexity index is 758. The van der Waals surface area contributed by atoms with E-state index in [2.05, 4.69) is 15.6 Å². The second-order valence-electron chi connectivity index (χ2n) is 6.04. The van der Waals surface area contributed by atoms with Gasteiger partial charge < -0.3 is 22.1 Å². The molecule has 0 aliphatic carbocycles. The number of carbonyl (C=O) groups excluding carboxylic acids is 2. The van der Waals surface area contributed by atoms with Crippen molar-refractivity contribution in [2.75, 3.05) is 6.54 Å². The Morgan fingerprint density at radius 2 is 1.59 bits per heavy atom. The van der Waals surface area contributed by atoms with E-state index in [-0.39, 0.29) is 17.8 Å². The van der Waals surface area contributed by atoms with Crippen molar-refractivity contribution in [1.82, 2.24) is 10.6 Å². The van der Waals surface area contributed by atoms with Crippen molar-refractivity contribution in [1.29, 1.82) is 0 Å². The Morgan fingerprint density at radius 1 is 0.963 bits per heavy atom. The van der Waals surface area contributed by atoms with Gasteiger partial charge in [0.15, 0.2) is 5.96 Å². The van der Waals surface area contributed by atoms with Gasteiger partial charge >= 0.3 is 0 Å². The molecule has 0 spiro atoms. The van der Waals surface area contributed by atoms with Crippen molar-refractivity contribution in [2.24, 2.45) is 16.5 Å². The molecule has 142 valence electrons. The average molecular weight is 367 g/mol. The molecule has 2 aromatic carbocycles. The highest BCUT2D eigenvalue weighted by Gasteiger charge is 2.20. The van der Waals surface area contributed by atoms with Crippen molar-refractivity contribution >= 4 is 17.8 Å². The Hall–Kier alpha value is -3.35. The number of nitrogens with one attached hydrogen (secondary N) is 2. The fraction of sp³-hybridized carbons (Fsp3) is 0.250. The molecule has 1 atom stereocenters. The lowest BCUT2D eigenvalue weighted by Crippen LogP contribution is -2.46. The standard InChI is InChI=1S/C20H25N5O2/c21-20(22)23-13-7-12-17(25-18(26)16-10-5-2-6-11-16)19(27)24-14-15-8-3-1-4-9-15/h1-6,8-11,17H,7,12-14H2,(H,24,27)(H,25,26)(H4,21,22,23). The minimum absolute atomic E-state index is 0.00778. The fourth-order valence-electron chi connectivity index (χ4n) is 2.51. The second kappa shape index (κ2) is 10.6. The largest absolute Gasteiger partial charge is 0.370 e. The summed E-state index contributed by atoms with van der Waals surface area (Å²) in [5.41, 5.74) is 12.1. The predicted octanol–water partition coefficient (Wildman–Crippen LogP) is 1.16. The van der Waals surface area contributed by atoms with E-state index in [1.807, 2.05) is 36.4 Å². The number of amides is 2. The van der Waals surface area contributed by atoms with E-state index < -0.39 is 6.04 Å². The van der Waals surface area contributed by atoms with Crippen molar-refractivity contribution in [3.8, 4) is 0 Å². The third-order valence-corrected chi connectivity index (χ3v) is 3.91. The molecule has 0 fully saturated rings. The normalized spacial score (nSPS) is 11.3. The molecule has 0 bridgehead atoms. The number of nitrogens with two attached hydrogens (primary N) is 2. The van der Waals surface area contributed by atoms with E-state index in [0.717, 1.165) is 5.56 Å². The van der Waals surface area contributed by atoms with Crippen molar-refractivity contribution in [3.05, 3.63) is 71.8 Å². The summed E-state index contributed by atoms with van der Waals surface area (Å²) in [4.78, 5) is 28.9. The van der Waals surface area contributed by atoms with Gasteiger partial charge in [-0.1, -0.05) is 48.5 Å². The Labute approximate surface area is 158 Å². The van der Waals surface area contributed by atoms with Crippen LogP contribution in [0, 0.1) is 0 Å². The molecule has 0 aliphatic rings. The number of benzene rings is 2. The molecule has 0 aliphatic heterocycles. The molecule has 0 aromatic heterocycles. The quantitative estimate of drug-likeness (QED) is 0.302. The van der Waals surface area contributed by atoms with Gasteiger partial charge in [0.05, 0.1) is 0 Å². The van der Waals surface area contributed by atoms with Crippen LogP contribution >= 0.6 is 0 Å². The monoisotopic (exact) mass is 367 g/mol. The summed E-state index contributed by atoms with van der Waals surface area (Å²) >= 11 is 0. The average Bonchev–Trinajstić information content (AvgIpc) is 2.69. The van der Waals surface area contributed by atoms with Gasteiger partial charge in [-0.2, -0.15) is 0 Å². The molecule has 6 N–H and O–H groups in total. The van der Waals surface area contributed by atoms with Crippen molar-refractivity contribution in [3.63, 3.8) is 0 Å². The fourth-order valence-corrected chi connectivity index (χ4v) is 2.51. The summed E-state index contributed by atoms with van der Waals surface area (Å²) in [5, 5.41) is 5.66. The molecule has 7 heteroatoms. The molecular formula is C20H25N5O2. The van der Waals surface area contributed by atoms with Crippen LogP contribution in [0.5, 0.6) is 0 Å². The first-order chi connectivity index (χ1) is 13.1. The number of aliphatic imine (C=N–C) groups is 1. The number of rotatable bonds is 9. The molecule has 27 heavy (non-hydrogen) atoms. The lowest BCUT2D eigenvalue weighted by Gasteiger charge is -2.18. The summed E-state index contributed by atoms with van der Waals surface area (Å²) in [7, 11) is 0. The predicted molar refractivity (Wildman–Crippen MR) is 106 cm³/mol. The highest BCUT2D eigenvalue weighted by molar-refractivity contribution is 5.97. The van der Waals surface area contributed by atoms with Gasteiger partial charge in [0.25, 0.3) is 5.91 Å². The van der Waals surface area contributed by atoms with Crippen LogP contribution in [0.3, 0.4) is 0 Å². The van der Waals surface area contributed by atoms with Crippen LogP contribution in [0.15, 0.2) is 65.7 Å². The van der Waals surface area contributed by atoms with Gasteiger partial charge in [0.2, 0.25) is 5.91 Å². The van der Waals surface area contributed by atoms with Crippen LogP contribution in [-0.2, 0) is 11.3 Å². The van der Waals surface area contributed by atoms with Crippen LogP contribution in [0.2, 0.25) is 0 Å². The Kier molecular flexibility index (Phi) is 7.84. The number of hydrogen-bond acceptors (Lipinski definition) is 3. The molecule has 2 aromatic rings. The van der Waals surface area contributed by atoms with E-state index in [9.17, 15) is 9.59 Å². The van der Waals surface area contributed by atoms with E-state index in [1.165, 1.54) is 0 Å². The highest BCUT2D eigenvalue weighted by Crippen LogP contribution is 2.04. The molecule has 0 radical (unpaired) electrons. The zero-order valence-electron chi connectivity index (χ0n) is 15.1. The SMILES string of the molecule is NC(N)=NCCCC(NC(=O)c1ccccc1)C(=O)NCc1ccccc1. The first kappa shape index (κ1) is 20.0. The molecule has 1 unspecified atom stereocenters. The summed E-state index contributed by atoms with van der Waals surface area (Å²) in [6.07, 6.45) is 0.992. The smallest absolute Gasteiger partial charge is 0.251 e. The van der Waals surface area contributed by atoms with Crippen LogP contribution in [0.25, 0.3) is 0 Å². The van der Waals surface area contributed by atoms with Crippen molar-refractivity contribution < 1.29 is 9.59 Å². The minimum Gasteiger partial charge on any atom is -0.370 e. The van der Waals surface area contributed by atoms with Crippen LogP contribution in [-0.4, -0.2) is 30.4 Å². The van der Waals surface area contributed by atoms with Gasteiger partial charge in [-0.25, -0.2) is 0 Å². The highest BCUT2D eigenvalue weighted by atomic mass is 16.2.